The number of Topliss-reactive ketones (excluding diaryl/α,β-unsaturated/α-hetero) is 2. The molecule has 0 unspecified atom stereocenters. The van der Waals surface area contributed by atoms with E-state index in [1.165, 1.54) is 10.6 Å². The van der Waals surface area contributed by atoms with Gasteiger partial charge in [-0.15, -0.1) is 0 Å². The monoisotopic (exact) mass is 878 g/mol. The number of aryl methyl sites for hydroxylation is 2. The van der Waals surface area contributed by atoms with Gasteiger partial charge in [-0.1, -0.05) is 41.9 Å². The fraction of sp³-hybridized carbons (Fsp3) is 0.378. The number of nitrogens with one attached hydrogen (secondary N) is 2. The van der Waals surface area contributed by atoms with Crippen LogP contribution < -0.4 is 10.6 Å². The largest absolute Gasteiger partial charge is 0.390 e. The van der Waals surface area contributed by atoms with Crippen molar-refractivity contribution in [2.75, 3.05) is 23.7 Å². The zero-order chi connectivity index (χ0) is 44.3. The molecule has 2 aromatic carbocycles. The first-order chi connectivity index (χ1) is 29.5. The Balaban J connectivity index is 0.000000187. The Labute approximate surface area is 358 Å². The van der Waals surface area contributed by atoms with Crippen LogP contribution >= 0.6 is 11.6 Å². The number of rotatable bonds is 15. The lowest BCUT2D eigenvalue weighted by molar-refractivity contribution is -0.132. The van der Waals surface area contributed by atoms with Crippen LogP contribution in [0.2, 0.25) is 5.15 Å². The minimum atomic E-state index is -4.25. The van der Waals surface area contributed by atoms with Gasteiger partial charge in [0.25, 0.3) is 0 Å². The third kappa shape index (κ3) is 11.2. The summed E-state index contributed by atoms with van der Waals surface area (Å²) < 4.78 is 78.3. The summed E-state index contributed by atoms with van der Waals surface area (Å²) in [5.74, 6) is 1.36. The first-order valence-corrected chi connectivity index (χ1v) is 20.8. The maximum atomic E-state index is 12.6. The molecule has 0 amide bonds. The van der Waals surface area contributed by atoms with Crippen molar-refractivity contribution in [1.29, 1.82) is 0 Å². The van der Waals surface area contributed by atoms with E-state index < -0.39 is 25.2 Å². The van der Waals surface area contributed by atoms with E-state index in [0.29, 0.717) is 70.0 Å². The Morgan fingerprint density at radius 3 is 1.58 bits per heavy atom. The molecule has 4 heterocycles. The van der Waals surface area contributed by atoms with Crippen LogP contribution in [0.5, 0.6) is 0 Å². The molecule has 0 saturated heterocycles. The van der Waals surface area contributed by atoms with Gasteiger partial charge in [0.2, 0.25) is 0 Å². The summed E-state index contributed by atoms with van der Waals surface area (Å²) in [4.78, 5) is 33.7. The lowest BCUT2D eigenvalue weighted by atomic mass is 9.98. The smallest absolute Gasteiger partial charge is 0.382 e. The molecule has 0 atom stereocenters. The third-order valence-corrected chi connectivity index (χ3v) is 10.9. The van der Waals surface area contributed by atoms with Gasteiger partial charge in [-0.2, -0.15) is 36.5 Å². The number of halogens is 7. The number of hydrogen-bond acceptors (Lipinski definition) is 8. The second-order valence-electron chi connectivity index (χ2n) is 15.9. The normalized spacial score (nSPS) is 14.4. The molecule has 6 aromatic rings. The van der Waals surface area contributed by atoms with Crippen LogP contribution in [0.1, 0.15) is 95.8 Å². The van der Waals surface area contributed by atoms with Crippen LogP contribution in [0.4, 0.5) is 37.7 Å². The van der Waals surface area contributed by atoms with Crippen molar-refractivity contribution in [1.82, 2.24) is 29.2 Å². The van der Waals surface area contributed by atoms with E-state index in [2.05, 4.69) is 30.8 Å². The average Bonchev–Trinajstić information content (AvgIpc) is 4.11. The molecule has 0 radical (unpaired) electrons. The first kappa shape index (κ1) is 44.3. The van der Waals surface area contributed by atoms with Crippen LogP contribution in [0.3, 0.4) is 0 Å². The van der Waals surface area contributed by atoms with Gasteiger partial charge in [0, 0.05) is 54.3 Å². The fourth-order valence-corrected chi connectivity index (χ4v) is 7.35. The predicted molar refractivity (Wildman–Crippen MR) is 228 cm³/mol. The summed E-state index contributed by atoms with van der Waals surface area (Å²) in [7, 11) is 0. The summed E-state index contributed by atoms with van der Waals surface area (Å²) in [6.07, 6.45) is 2.11. The number of carbonyl (C=O) groups excluding carboxylic acids is 2. The number of fused-ring (bicyclic) bond motifs is 2. The number of benzene rings is 2. The molecule has 326 valence electrons. The van der Waals surface area contributed by atoms with E-state index in [1.807, 2.05) is 63.2 Å². The Morgan fingerprint density at radius 1 is 0.710 bits per heavy atom. The second-order valence-corrected chi connectivity index (χ2v) is 16.3. The Bertz CT molecular complexity index is 2640. The van der Waals surface area contributed by atoms with E-state index in [4.69, 9.17) is 11.6 Å². The molecule has 0 aliphatic heterocycles. The molecule has 2 aliphatic carbocycles. The minimum Gasteiger partial charge on any atom is -0.382 e. The van der Waals surface area contributed by atoms with Crippen LogP contribution in [-0.2, 0) is 0 Å². The van der Waals surface area contributed by atoms with E-state index in [-0.39, 0.29) is 29.8 Å². The van der Waals surface area contributed by atoms with Gasteiger partial charge in [-0.05, 0) is 93.7 Å². The number of ketones is 2. The maximum absolute atomic E-state index is 12.6. The van der Waals surface area contributed by atoms with Crippen molar-refractivity contribution in [2.24, 2.45) is 11.8 Å². The van der Waals surface area contributed by atoms with Crippen LogP contribution in [0.25, 0.3) is 39.9 Å². The van der Waals surface area contributed by atoms with Crippen molar-refractivity contribution in [3.63, 3.8) is 0 Å². The molecule has 0 spiro atoms. The number of aromatic nitrogens is 6. The minimum absolute atomic E-state index is 0.129. The molecule has 2 saturated carbocycles. The number of carbonyl (C=O) groups is 2. The van der Waals surface area contributed by atoms with Gasteiger partial charge < -0.3 is 10.6 Å². The van der Waals surface area contributed by atoms with Gasteiger partial charge in [0.15, 0.2) is 28.0 Å². The molecule has 2 N–H and O–H groups in total. The van der Waals surface area contributed by atoms with Crippen molar-refractivity contribution >= 4 is 51.9 Å². The van der Waals surface area contributed by atoms with Gasteiger partial charge in [-0.3, -0.25) is 9.59 Å². The summed E-state index contributed by atoms with van der Waals surface area (Å²) in [5.41, 5.74) is 8.43. The zero-order valence-electron chi connectivity index (χ0n) is 34.3. The maximum Gasteiger partial charge on any atom is 0.390 e. The van der Waals surface area contributed by atoms with Crippen molar-refractivity contribution in [3.8, 4) is 22.5 Å². The molecule has 62 heavy (non-hydrogen) atoms. The number of alkyl halides is 6. The second kappa shape index (κ2) is 18.3. The number of allylic oxidation sites excluding steroid dienone is 1. The van der Waals surface area contributed by atoms with Crippen LogP contribution in [0, 0.1) is 25.7 Å². The molecule has 2 aliphatic rings. The molecule has 4 aromatic heterocycles. The zero-order valence-corrected chi connectivity index (χ0v) is 35.1. The number of hydrogen-bond donors (Lipinski definition) is 2. The lowest BCUT2D eigenvalue weighted by Gasteiger charge is -2.12. The van der Waals surface area contributed by atoms with E-state index >= 15 is 0 Å². The van der Waals surface area contributed by atoms with E-state index in [9.17, 15) is 35.9 Å². The van der Waals surface area contributed by atoms with Gasteiger partial charge in [0.05, 0.1) is 53.7 Å². The highest BCUT2D eigenvalue weighted by molar-refractivity contribution is 6.29. The third-order valence-electron chi connectivity index (χ3n) is 10.7. The van der Waals surface area contributed by atoms with Gasteiger partial charge >= 0.3 is 12.4 Å². The molecule has 10 nitrogen and oxygen atoms in total. The lowest BCUT2D eigenvalue weighted by Crippen LogP contribution is -2.15. The van der Waals surface area contributed by atoms with Crippen LogP contribution in [0.15, 0.2) is 67.0 Å². The van der Waals surface area contributed by atoms with Crippen molar-refractivity contribution < 1.29 is 35.9 Å². The SMILES string of the molecule is C/C=C/c1cc(NCCC(F)(F)F)c2ncc(-c3ccc(C(=O)CC4CC4)c(C)c3)n2n1.Cc1cc(-c2cnc3c(NCCC(F)(F)F)cc(Cl)nn23)ccc1C(=O)CC1CC1. The summed E-state index contributed by atoms with van der Waals surface area (Å²) in [6, 6.07) is 14.3. The molecular formula is C45H45ClF6N8O2. The molecule has 17 heteroatoms. The van der Waals surface area contributed by atoms with Crippen LogP contribution in [-0.4, -0.2) is 66.2 Å². The Kier molecular flexibility index (Phi) is 13.1. The summed E-state index contributed by atoms with van der Waals surface area (Å²) in [5, 5.41) is 14.6. The van der Waals surface area contributed by atoms with Gasteiger partial charge in [0.1, 0.15) is 0 Å². The quantitative estimate of drug-likeness (QED) is 0.0773. The van der Waals surface area contributed by atoms with E-state index in [1.54, 1.807) is 29.1 Å². The Morgan fingerprint density at radius 2 is 1.16 bits per heavy atom. The highest BCUT2D eigenvalue weighted by Crippen LogP contribution is 2.36. The highest BCUT2D eigenvalue weighted by Gasteiger charge is 2.29. The average molecular weight is 879 g/mol. The van der Waals surface area contributed by atoms with E-state index in [0.717, 1.165) is 53.5 Å². The Hall–Kier alpha value is -5.77. The number of anilines is 2. The van der Waals surface area contributed by atoms with Gasteiger partial charge in [-0.25, -0.2) is 19.0 Å². The number of imidazole rings is 2. The molecular weight excluding hydrogens is 834 g/mol. The number of nitrogens with zero attached hydrogens (tertiary/aromatic N) is 6. The highest BCUT2D eigenvalue weighted by atomic mass is 35.5. The standard InChI is InChI=1S/C24H25F3N4O.C21H20ClF3N4O/c1-3-4-18-13-20(28-10-9-24(25,26)27)23-29-14-21(31(23)30-18)17-7-8-19(15(2)11-17)22(32)12-16-5-6-16;1-12-8-14(4-5-15(12)18(30)9-13-2-3-13)17-11-27-20-16(10-19(22)28-29(17)20)26-7-6-21(23,24)25/h3-4,7-8,11,13-14,16,28H,5-6,9-10,12H2,1-2H3;4-5,8,10-11,13,26H,2-3,6-7,9H2,1H3/b4-3+;. The molecule has 0 bridgehead atoms. The molecule has 2 fully saturated rings. The topological polar surface area (TPSA) is 119 Å². The predicted octanol–water partition coefficient (Wildman–Crippen LogP) is 11.8. The first-order valence-electron chi connectivity index (χ1n) is 20.4. The van der Waals surface area contributed by atoms with Crippen molar-refractivity contribution in [3.05, 3.63) is 100 Å². The molecule has 8 rings (SSSR count). The summed E-state index contributed by atoms with van der Waals surface area (Å²) in [6.45, 7) is 5.10. The fourth-order valence-electron chi connectivity index (χ4n) is 7.17. The van der Waals surface area contributed by atoms with Crippen molar-refractivity contribution in [2.45, 2.75) is 84.5 Å². The summed E-state index contributed by atoms with van der Waals surface area (Å²) >= 11 is 6.09.